The van der Waals surface area contributed by atoms with Crippen LogP contribution in [0.15, 0.2) is 0 Å². The van der Waals surface area contributed by atoms with Crippen molar-refractivity contribution >= 4 is 18.3 Å². The minimum atomic E-state index is -0.446. The Balaban J connectivity index is 0. The molecule has 5 N–H and O–H groups in total. The van der Waals surface area contributed by atoms with Crippen molar-refractivity contribution in [1.82, 2.24) is 5.32 Å². The largest absolute Gasteiger partial charge is 0.353 e. The van der Waals surface area contributed by atoms with E-state index in [0.29, 0.717) is 6.54 Å². The zero-order valence-corrected chi connectivity index (χ0v) is 7.65. The summed E-state index contributed by atoms with van der Waals surface area (Å²) < 4.78 is 0. The van der Waals surface area contributed by atoms with E-state index in [2.05, 4.69) is 5.32 Å². The van der Waals surface area contributed by atoms with Crippen LogP contribution in [0.4, 0.5) is 0 Å². The number of amides is 1. The third-order valence-electron chi connectivity index (χ3n) is 1.01. The Bertz CT molecular complexity index is 116. The number of carbonyl (C=O) groups is 1. The molecule has 0 bridgehead atoms. The maximum absolute atomic E-state index is 10.8. The standard InChI is InChI=1S/C6H15N3O.ClH/c1-4(7)3-9-6(10)5(2)8;/h4-5H,3,7-8H2,1-2H3,(H,9,10);1H/t4?,5-;/m0./s1. The Morgan fingerprint density at radius 3 is 2.18 bits per heavy atom. The Kier molecular flexibility index (Phi) is 7.72. The lowest BCUT2D eigenvalue weighted by molar-refractivity contribution is -0.122. The molecule has 0 spiro atoms. The van der Waals surface area contributed by atoms with Crippen LogP contribution in [-0.2, 0) is 4.79 Å². The van der Waals surface area contributed by atoms with Gasteiger partial charge in [-0.15, -0.1) is 12.4 Å². The highest BCUT2D eigenvalue weighted by Gasteiger charge is 2.05. The SMILES string of the molecule is CC(N)CNC(=O)[C@H](C)N.Cl. The Labute approximate surface area is 73.1 Å². The maximum atomic E-state index is 10.8. The fourth-order valence-electron chi connectivity index (χ4n) is 0.423. The van der Waals surface area contributed by atoms with E-state index in [4.69, 9.17) is 11.5 Å². The van der Waals surface area contributed by atoms with Crippen molar-refractivity contribution in [3.63, 3.8) is 0 Å². The molecular formula is C6H16ClN3O. The van der Waals surface area contributed by atoms with Gasteiger partial charge in [0.15, 0.2) is 0 Å². The number of hydrogen-bond acceptors (Lipinski definition) is 3. The molecule has 0 aliphatic rings. The van der Waals surface area contributed by atoms with Crippen molar-refractivity contribution in [2.24, 2.45) is 11.5 Å². The fraction of sp³-hybridized carbons (Fsp3) is 0.833. The average Bonchev–Trinajstić information content (AvgIpc) is 1.82. The molecule has 0 aromatic carbocycles. The first-order valence-electron chi connectivity index (χ1n) is 3.33. The highest BCUT2D eigenvalue weighted by atomic mass is 35.5. The van der Waals surface area contributed by atoms with Gasteiger partial charge in [-0.05, 0) is 13.8 Å². The van der Waals surface area contributed by atoms with Crippen molar-refractivity contribution in [2.45, 2.75) is 25.9 Å². The summed E-state index contributed by atoms with van der Waals surface area (Å²) in [6.45, 7) is 3.94. The van der Waals surface area contributed by atoms with Gasteiger partial charge in [0.1, 0.15) is 0 Å². The van der Waals surface area contributed by atoms with Gasteiger partial charge in [0.25, 0.3) is 0 Å². The smallest absolute Gasteiger partial charge is 0.236 e. The molecular weight excluding hydrogens is 166 g/mol. The second-order valence-corrected chi connectivity index (χ2v) is 2.51. The molecule has 0 saturated heterocycles. The highest BCUT2D eigenvalue weighted by Crippen LogP contribution is 1.75. The average molecular weight is 182 g/mol. The van der Waals surface area contributed by atoms with Crippen LogP contribution in [0.2, 0.25) is 0 Å². The molecule has 1 amide bonds. The summed E-state index contributed by atoms with van der Waals surface area (Å²) in [4.78, 5) is 10.8. The lowest BCUT2D eigenvalue weighted by Crippen LogP contribution is -2.43. The van der Waals surface area contributed by atoms with Crippen LogP contribution in [0, 0.1) is 0 Å². The molecule has 4 nitrogen and oxygen atoms in total. The molecule has 0 aliphatic carbocycles. The summed E-state index contributed by atoms with van der Waals surface area (Å²) in [5.41, 5.74) is 10.7. The van der Waals surface area contributed by atoms with Gasteiger partial charge in [-0.1, -0.05) is 0 Å². The lowest BCUT2D eigenvalue weighted by Gasteiger charge is -2.08. The number of halogens is 1. The molecule has 0 heterocycles. The van der Waals surface area contributed by atoms with Gasteiger partial charge < -0.3 is 16.8 Å². The molecule has 0 radical (unpaired) electrons. The van der Waals surface area contributed by atoms with Gasteiger partial charge >= 0.3 is 0 Å². The van der Waals surface area contributed by atoms with Crippen LogP contribution in [0.25, 0.3) is 0 Å². The van der Waals surface area contributed by atoms with Gasteiger partial charge in [0.2, 0.25) is 5.91 Å². The van der Waals surface area contributed by atoms with Crippen LogP contribution in [0.1, 0.15) is 13.8 Å². The van der Waals surface area contributed by atoms with Crippen molar-refractivity contribution in [2.75, 3.05) is 6.54 Å². The summed E-state index contributed by atoms with van der Waals surface area (Å²) in [5, 5.41) is 2.59. The minimum absolute atomic E-state index is 0. The first kappa shape index (κ1) is 13.3. The fourth-order valence-corrected chi connectivity index (χ4v) is 0.423. The van der Waals surface area contributed by atoms with E-state index < -0.39 is 6.04 Å². The summed E-state index contributed by atoms with van der Waals surface area (Å²) >= 11 is 0. The van der Waals surface area contributed by atoms with E-state index >= 15 is 0 Å². The Morgan fingerprint density at radius 1 is 1.45 bits per heavy atom. The van der Waals surface area contributed by atoms with Gasteiger partial charge in [0.05, 0.1) is 6.04 Å². The predicted molar refractivity (Wildman–Crippen MR) is 47.6 cm³/mol. The van der Waals surface area contributed by atoms with Crippen molar-refractivity contribution < 1.29 is 4.79 Å². The van der Waals surface area contributed by atoms with E-state index in [1.54, 1.807) is 6.92 Å². The van der Waals surface area contributed by atoms with Crippen molar-refractivity contribution in [3.05, 3.63) is 0 Å². The zero-order chi connectivity index (χ0) is 8.15. The number of hydrogen-bond donors (Lipinski definition) is 3. The van der Waals surface area contributed by atoms with Crippen LogP contribution >= 0.6 is 12.4 Å². The van der Waals surface area contributed by atoms with E-state index in [0.717, 1.165) is 0 Å². The summed E-state index contributed by atoms with van der Waals surface area (Å²) in [5.74, 6) is -0.155. The first-order valence-corrected chi connectivity index (χ1v) is 3.33. The van der Waals surface area contributed by atoms with Gasteiger partial charge in [-0.2, -0.15) is 0 Å². The van der Waals surface area contributed by atoms with Crippen molar-refractivity contribution in [3.8, 4) is 0 Å². The molecule has 0 aromatic rings. The van der Waals surface area contributed by atoms with Crippen LogP contribution in [0.5, 0.6) is 0 Å². The van der Waals surface area contributed by atoms with Crippen LogP contribution in [-0.4, -0.2) is 24.5 Å². The molecule has 0 rings (SSSR count). The molecule has 1 unspecified atom stereocenters. The Morgan fingerprint density at radius 2 is 1.91 bits per heavy atom. The third kappa shape index (κ3) is 7.58. The first-order chi connectivity index (χ1) is 4.54. The lowest BCUT2D eigenvalue weighted by atomic mass is 10.3. The normalized spacial score (nSPS) is 14.5. The molecule has 68 valence electrons. The molecule has 5 heteroatoms. The van der Waals surface area contributed by atoms with Crippen LogP contribution in [0.3, 0.4) is 0 Å². The maximum Gasteiger partial charge on any atom is 0.236 e. The van der Waals surface area contributed by atoms with Gasteiger partial charge in [-0.25, -0.2) is 0 Å². The highest BCUT2D eigenvalue weighted by molar-refractivity contribution is 5.85. The summed E-state index contributed by atoms with van der Waals surface area (Å²) in [6, 6.07) is -0.457. The molecule has 11 heavy (non-hydrogen) atoms. The predicted octanol–water partition coefficient (Wildman–Crippen LogP) is -0.781. The second kappa shape index (κ2) is 6.39. The van der Waals surface area contributed by atoms with Crippen LogP contribution < -0.4 is 16.8 Å². The number of carbonyl (C=O) groups excluding carboxylic acids is 1. The number of rotatable bonds is 3. The Hall–Kier alpha value is -0.320. The quantitative estimate of drug-likeness (QED) is 0.534. The van der Waals surface area contributed by atoms with E-state index in [1.807, 2.05) is 6.92 Å². The van der Waals surface area contributed by atoms with Gasteiger partial charge in [0, 0.05) is 12.6 Å². The van der Waals surface area contributed by atoms with Crippen molar-refractivity contribution in [1.29, 1.82) is 0 Å². The summed E-state index contributed by atoms with van der Waals surface area (Å²) in [6.07, 6.45) is 0. The molecule has 0 saturated carbocycles. The second-order valence-electron chi connectivity index (χ2n) is 2.51. The number of nitrogens with one attached hydrogen (secondary N) is 1. The summed E-state index contributed by atoms with van der Waals surface area (Å²) in [7, 11) is 0. The van der Waals surface area contributed by atoms with E-state index in [-0.39, 0.29) is 24.4 Å². The molecule has 0 aliphatic heterocycles. The zero-order valence-electron chi connectivity index (χ0n) is 6.83. The topological polar surface area (TPSA) is 81.1 Å². The molecule has 0 fully saturated rings. The number of nitrogens with two attached hydrogens (primary N) is 2. The third-order valence-corrected chi connectivity index (χ3v) is 1.01. The molecule has 2 atom stereocenters. The van der Waals surface area contributed by atoms with E-state index in [1.165, 1.54) is 0 Å². The minimum Gasteiger partial charge on any atom is -0.353 e. The monoisotopic (exact) mass is 181 g/mol. The molecule has 0 aromatic heterocycles. The van der Waals surface area contributed by atoms with Gasteiger partial charge in [-0.3, -0.25) is 4.79 Å². The van der Waals surface area contributed by atoms with E-state index in [9.17, 15) is 4.79 Å².